The highest BCUT2D eigenvalue weighted by Gasteiger charge is 2.21. The zero-order valence-electron chi connectivity index (χ0n) is 15.4. The molecule has 1 fully saturated rings. The first-order chi connectivity index (χ1) is 12.7. The summed E-state index contributed by atoms with van der Waals surface area (Å²) in [4.78, 5) is 23.1. The Morgan fingerprint density at radius 2 is 1.85 bits per heavy atom. The van der Waals surface area contributed by atoms with E-state index in [9.17, 15) is 4.79 Å². The molecule has 136 valence electrons. The number of carbonyl (C=O) groups excluding carboxylic acids is 1. The van der Waals surface area contributed by atoms with Crippen molar-refractivity contribution in [2.75, 3.05) is 18.4 Å². The Morgan fingerprint density at radius 3 is 2.65 bits per heavy atom. The molecule has 1 aromatic heterocycles. The molecule has 2 aromatic rings. The molecule has 1 saturated heterocycles. The molecule has 1 aliphatic carbocycles. The van der Waals surface area contributed by atoms with E-state index in [1.807, 2.05) is 4.90 Å². The molecule has 1 aromatic carbocycles. The molecule has 2 heterocycles. The van der Waals surface area contributed by atoms with E-state index >= 15 is 0 Å². The van der Waals surface area contributed by atoms with Crippen LogP contribution in [0.15, 0.2) is 30.6 Å². The molecule has 0 spiro atoms. The van der Waals surface area contributed by atoms with Gasteiger partial charge < -0.3 is 10.2 Å². The van der Waals surface area contributed by atoms with Crippen LogP contribution in [0.5, 0.6) is 0 Å². The molecule has 1 amide bonds. The molecular weight excluding hydrogens is 324 g/mol. The number of rotatable bonds is 4. The maximum atomic E-state index is 12.5. The van der Waals surface area contributed by atoms with Gasteiger partial charge in [-0.05, 0) is 62.1 Å². The maximum Gasteiger partial charge on any atom is 0.274 e. The number of hydrogen-bond acceptors (Lipinski definition) is 4. The number of hydrogen-bond donors (Lipinski definition) is 1. The third-order valence-electron chi connectivity index (χ3n) is 5.48. The quantitative estimate of drug-likeness (QED) is 0.912. The van der Waals surface area contributed by atoms with Crippen molar-refractivity contribution >= 4 is 11.7 Å². The van der Waals surface area contributed by atoms with Crippen molar-refractivity contribution in [1.82, 2.24) is 14.9 Å². The summed E-state index contributed by atoms with van der Waals surface area (Å²) in [5, 5.41) is 3.41. The van der Waals surface area contributed by atoms with Crippen molar-refractivity contribution in [1.29, 1.82) is 0 Å². The van der Waals surface area contributed by atoms with E-state index in [1.165, 1.54) is 42.4 Å². The molecule has 26 heavy (non-hydrogen) atoms. The van der Waals surface area contributed by atoms with Crippen molar-refractivity contribution in [2.45, 2.75) is 51.5 Å². The predicted molar refractivity (Wildman–Crippen MR) is 102 cm³/mol. The summed E-state index contributed by atoms with van der Waals surface area (Å²) in [5.41, 5.74) is 4.65. The monoisotopic (exact) mass is 350 g/mol. The molecule has 2 aliphatic rings. The summed E-state index contributed by atoms with van der Waals surface area (Å²) in [5.74, 6) is 0.639. The number of carbonyl (C=O) groups is 1. The van der Waals surface area contributed by atoms with Crippen LogP contribution in [0.25, 0.3) is 0 Å². The third-order valence-corrected chi connectivity index (χ3v) is 5.48. The second-order valence-corrected chi connectivity index (χ2v) is 7.39. The average molecular weight is 350 g/mol. The lowest BCUT2D eigenvalue weighted by Crippen LogP contribution is -2.28. The first-order valence-electron chi connectivity index (χ1n) is 9.70. The van der Waals surface area contributed by atoms with Crippen LogP contribution < -0.4 is 5.32 Å². The topological polar surface area (TPSA) is 58.1 Å². The number of nitrogens with one attached hydrogen (secondary N) is 1. The Balaban J connectivity index is 1.48. The van der Waals surface area contributed by atoms with Gasteiger partial charge >= 0.3 is 0 Å². The van der Waals surface area contributed by atoms with Gasteiger partial charge in [0.25, 0.3) is 5.91 Å². The summed E-state index contributed by atoms with van der Waals surface area (Å²) in [6.45, 7) is 3.77. The Hall–Kier alpha value is -2.43. The highest BCUT2D eigenvalue weighted by atomic mass is 16.2. The molecule has 1 atom stereocenters. The van der Waals surface area contributed by atoms with E-state index in [-0.39, 0.29) is 11.9 Å². The molecule has 0 radical (unpaired) electrons. The minimum atomic E-state index is -0.0138. The van der Waals surface area contributed by atoms with E-state index in [4.69, 9.17) is 0 Å². The Labute approximate surface area is 154 Å². The van der Waals surface area contributed by atoms with Gasteiger partial charge in [0.1, 0.15) is 11.5 Å². The number of amides is 1. The van der Waals surface area contributed by atoms with E-state index in [2.05, 4.69) is 40.4 Å². The summed E-state index contributed by atoms with van der Waals surface area (Å²) in [7, 11) is 0. The molecule has 1 unspecified atom stereocenters. The van der Waals surface area contributed by atoms with E-state index in [0.717, 1.165) is 25.9 Å². The van der Waals surface area contributed by atoms with E-state index in [0.29, 0.717) is 11.5 Å². The molecule has 5 heteroatoms. The zero-order chi connectivity index (χ0) is 17.9. The van der Waals surface area contributed by atoms with Crippen LogP contribution in [0, 0.1) is 0 Å². The average Bonchev–Trinajstić information content (AvgIpc) is 3.22. The van der Waals surface area contributed by atoms with E-state index in [1.54, 1.807) is 12.4 Å². The van der Waals surface area contributed by atoms with Crippen LogP contribution in [-0.2, 0) is 12.8 Å². The highest BCUT2D eigenvalue weighted by Crippen LogP contribution is 2.26. The normalized spacial score (nSPS) is 17.7. The van der Waals surface area contributed by atoms with Crippen LogP contribution in [0.2, 0.25) is 0 Å². The number of aromatic nitrogens is 2. The smallest absolute Gasteiger partial charge is 0.274 e. The summed E-state index contributed by atoms with van der Waals surface area (Å²) in [6.07, 6.45) is 10.4. The Bertz CT molecular complexity index is 798. The van der Waals surface area contributed by atoms with Gasteiger partial charge in [-0.1, -0.05) is 18.2 Å². The number of aryl methyl sites for hydroxylation is 2. The van der Waals surface area contributed by atoms with Crippen LogP contribution >= 0.6 is 0 Å². The molecular formula is C21H26N4O. The molecule has 0 saturated carbocycles. The van der Waals surface area contributed by atoms with Crippen LogP contribution in [0.4, 0.5) is 5.82 Å². The van der Waals surface area contributed by atoms with Crippen molar-refractivity contribution in [2.24, 2.45) is 0 Å². The molecule has 4 rings (SSSR count). The zero-order valence-corrected chi connectivity index (χ0v) is 15.4. The second-order valence-electron chi connectivity index (χ2n) is 7.39. The fraction of sp³-hybridized carbons (Fsp3) is 0.476. The Morgan fingerprint density at radius 1 is 1.08 bits per heavy atom. The summed E-state index contributed by atoms with van der Waals surface area (Å²) >= 11 is 0. The van der Waals surface area contributed by atoms with Crippen LogP contribution in [0.3, 0.4) is 0 Å². The highest BCUT2D eigenvalue weighted by molar-refractivity contribution is 5.92. The number of benzene rings is 1. The number of fused-ring (bicyclic) bond motifs is 1. The second kappa shape index (κ2) is 7.44. The molecule has 0 bridgehead atoms. The first kappa shape index (κ1) is 17.0. The SMILES string of the molecule is CC(Nc1cncc(C(=O)N2CCCC2)n1)c1ccc2c(c1)CCCC2. The van der Waals surface area contributed by atoms with Gasteiger partial charge in [-0.25, -0.2) is 4.98 Å². The van der Waals surface area contributed by atoms with Crippen LogP contribution in [0.1, 0.15) is 65.8 Å². The standard InChI is InChI=1S/C21H26N4O/c1-15(17-9-8-16-6-2-3-7-18(16)12-17)23-20-14-22-13-19(24-20)21(26)25-10-4-5-11-25/h8-9,12-15H,2-7,10-11H2,1H3,(H,23,24). The summed E-state index contributed by atoms with van der Waals surface area (Å²) in [6, 6.07) is 6.91. The van der Waals surface area contributed by atoms with Gasteiger partial charge in [0.2, 0.25) is 0 Å². The predicted octanol–water partition coefficient (Wildman–Crippen LogP) is 3.76. The van der Waals surface area contributed by atoms with Gasteiger partial charge in [0.15, 0.2) is 0 Å². The lowest BCUT2D eigenvalue weighted by molar-refractivity contribution is 0.0786. The lowest BCUT2D eigenvalue weighted by Gasteiger charge is -2.20. The first-order valence-corrected chi connectivity index (χ1v) is 9.70. The maximum absolute atomic E-state index is 12.5. The Kier molecular flexibility index (Phi) is 4.87. The van der Waals surface area contributed by atoms with Crippen molar-refractivity contribution in [3.05, 3.63) is 53.0 Å². The third kappa shape index (κ3) is 3.57. The number of nitrogens with zero attached hydrogens (tertiary/aromatic N) is 3. The van der Waals surface area contributed by atoms with Crippen LogP contribution in [-0.4, -0.2) is 33.9 Å². The van der Waals surface area contributed by atoms with Crippen molar-refractivity contribution < 1.29 is 4.79 Å². The van der Waals surface area contributed by atoms with Gasteiger partial charge in [0.05, 0.1) is 18.4 Å². The number of likely N-dealkylation sites (tertiary alicyclic amines) is 1. The fourth-order valence-corrected chi connectivity index (χ4v) is 3.95. The van der Waals surface area contributed by atoms with Gasteiger partial charge in [-0.3, -0.25) is 9.78 Å². The molecule has 1 N–H and O–H groups in total. The summed E-state index contributed by atoms with van der Waals surface area (Å²) < 4.78 is 0. The molecule has 1 aliphatic heterocycles. The van der Waals surface area contributed by atoms with Gasteiger partial charge in [-0.2, -0.15) is 0 Å². The van der Waals surface area contributed by atoms with E-state index < -0.39 is 0 Å². The van der Waals surface area contributed by atoms with Gasteiger partial charge in [0, 0.05) is 13.1 Å². The minimum Gasteiger partial charge on any atom is -0.362 e. The fourth-order valence-electron chi connectivity index (χ4n) is 3.95. The lowest BCUT2D eigenvalue weighted by atomic mass is 9.89. The van der Waals surface area contributed by atoms with Gasteiger partial charge in [-0.15, -0.1) is 0 Å². The minimum absolute atomic E-state index is 0.0138. The van der Waals surface area contributed by atoms with Crippen molar-refractivity contribution in [3.63, 3.8) is 0 Å². The number of anilines is 1. The largest absolute Gasteiger partial charge is 0.362 e. The van der Waals surface area contributed by atoms with Crippen molar-refractivity contribution in [3.8, 4) is 0 Å². The molecule has 5 nitrogen and oxygen atoms in total.